The summed E-state index contributed by atoms with van der Waals surface area (Å²) in [5.74, 6) is -0.612. The van der Waals surface area contributed by atoms with Gasteiger partial charge in [0, 0.05) is 16.9 Å². The van der Waals surface area contributed by atoms with E-state index in [1.807, 2.05) is 32.2 Å². The van der Waals surface area contributed by atoms with E-state index < -0.39 is 5.97 Å². The fraction of sp³-hybridized carbons (Fsp3) is 0.500. The first-order valence-corrected chi connectivity index (χ1v) is 9.20. The number of anilines is 1. The summed E-state index contributed by atoms with van der Waals surface area (Å²) in [5.41, 5.74) is 2.65. The van der Waals surface area contributed by atoms with E-state index in [1.54, 1.807) is 0 Å². The molecule has 3 rings (SSSR count). The van der Waals surface area contributed by atoms with Gasteiger partial charge in [0.25, 0.3) is 0 Å². The molecule has 1 aliphatic rings. The lowest BCUT2D eigenvalue weighted by Crippen LogP contribution is -2.39. The fourth-order valence-corrected chi connectivity index (χ4v) is 3.75. The van der Waals surface area contributed by atoms with Crippen LogP contribution in [0.15, 0.2) is 18.2 Å². The highest BCUT2D eigenvalue weighted by molar-refractivity contribution is 6.11. The second-order valence-corrected chi connectivity index (χ2v) is 7.17. The third-order valence-electron chi connectivity index (χ3n) is 5.20. The summed E-state index contributed by atoms with van der Waals surface area (Å²) >= 11 is 0. The number of hydrogen-bond donors (Lipinski definition) is 2. The Hall–Kier alpha value is -2.34. The summed E-state index contributed by atoms with van der Waals surface area (Å²) in [4.78, 5) is 29.9. The molecule has 0 spiro atoms. The van der Waals surface area contributed by atoms with Crippen LogP contribution in [0.2, 0.25) is 0 Å². The van der Waals surface area contributed by atoms with Gasteiger partial charge in [-0.3, -0.25) is 9.69 Å². The number of rotatable bonds is 5. The van der Waals surface area contributed by atoms with E-state index in [9.17, 15) is 9.59 Å². The standard InChI is InChI=1S/C20H27N3O3/c1-13-9-10-15-16(11-13)21-19(20(25)26-3)18(15)22-17(24)12-23(2)14-7-5-4-6-8-14/h9-11,14,21H,4-8,12H2,1-3H3,(H,22,24). The monoisotopic (exact) mass is 357 g/mol. The number of carbonyl (C=O) groups is 2. The Morgan fingerprint density at radius 2 is 2.00 bits per heavy atom. The second-order valence-electron chi connectivity index (χ2n) is 7.17. The first-order valence-electron chi connectivity index (χ1n) is 9.20. The fourth-order valence-electron chi connectivity index (χ4n) is 3.75. The van der Waals surface area contributed by atoms with Crippen LogP contribution < -0.4 is 5.32 Å². The van der Waals surface area contributed by atoms with Crippen LogP contribution in [0.25, 0.3) is 10.9 Å². The molecule has 0 atom stereocenters. The molecule has 140 valence electrons. The Morgan fingerprint density at radius 3 is 2.69 bits per heavy atom. The zero-order valence-corrected chi connectivity index (χ0v) is 15.7. The topological polar surface area (TPSA) is 74.4 Å². The van der Waals surface area contributed by atoms with Gasteiger partial charge in [-0.25, -0.2) is 4.79 Å². The Balaban J connectivity index is 1.80. The van der Waals surface area contributed by atoms with E-state index in [4.69, 9.17) is 4.74 Å². The molecule has 1 heterocycles. The lowest BCUT2D eigenvalue weighted by Gasteiger charge is -2.30. The van der Waals surface area contributed by atoms with Gasteiger partial charge in [0.05, 0.1) is 19.3 Å². The van der Waals surface area contributed by atoms with Crippen molar-refractivity contribution < 1.29 is 14.3 Å². The van der Waals surface area contributed by atoms with Gasteiger partial charge in [0.1, 0.15) is 5.69 Å². The first kappa shape index (κ1) is 18.5. The highest BCUT2D eigenvalue weighted by Gasteiger charge is 2.23. The number of aromatic amines is 1. The Bertz CT molecular complexity index is 806. The summed E-state index contributed by atoms with van der Waals surface area (Å²) in [6.07, 6.45) is 6.02. The smallest absolute Gasteiger partial charge is 0.356 e. The first-order chi connectivity index (χ1) is 12.5. The van der Waals surface area contributed by atoms with Crippen molar-refractivity contribution in [3.05, 3.63) is 29.5 Å². The molecule has 0 saturated heterocycles. The van der Waals surface area contributed by atoms with Crippen LogP contribution in [-0.2, 0) is 9.53 Å². The van der Waals surface area contributed by atoms with Crippen LogP contribution >= 0.6 is 0 Å². The molecule has 2 N–H and O–H groups in total. The molecular weight excluding hydrogens is 330 g/mol. The highest BCUT2D eigenvalue weighted by Crippen LogP contribution is 2.29. The normalized spacial score (nSPS) is 15.4. The van der Waals surface area contributed by atoms with Crippen molar-refractivity contribution >= 4 is 28.5 Å². The molecular formula is C20H27N3O3. The quantitative estimate of drug-likeness (QED) is 0.804. The summed E-state index contributed by atoms with van der Waals surface area (Å²) in [6, 6.07) is 6.28. The lowest BCUT2D eigenvalue weighted by atomic mass is 9.94. The van der Waals surface area contributed by atoms with Gasteiger partial charge in [-0.2, -0.15) is 0 Å². The molecule has 1 amide bonds. The number of methoxy groups -OCH3 is 1. The molecule has 1 fully saturated rings. The van der Waals surface area contributed by atoms with Crippen molar-refractivity contribution in [2.45, 2.75) is 45.1 Å². The van der Waals surface area contributed by atoms with Crippen LogP contribution in [0, 0.1) is 6.92 Å². The van der Waals surface area contributed by atoms with Crippen molar-refractivity contribution in [2.24, 2.45) is 0 Å². The number of benzene rings is 1. The number of nitrogens with zero attached hydrogens (tertiary/aromatic N) is 1. The number of nitrogens with one attached hydrogen (secondary N) is 2. The highest BCUT2D eigenvalue weighted by atomic mass is 16.5. The van der Waals surface area contributed by atoms with E-state index in [-0.39, 0.29) is 11.6 Å². The van der Waals surface area contributed by atoms with Gasteiger partial charge >= 0.3 is 5.97 Å². The molecule has 1 aliphatic carbocycles. The number of H-pyrrole nitrogens is 1. The Labute approximate surface area is 153 Å². The molecule has 26 heavy (non-hydrogen) atoms. The van der Waals surface area contributed by atoms with Crippen molar-refractivity contribution in [3.8, 4) is 0 Å². The van der Waals surface area contributed by atoms with Gasteiger partial charge in [0.15, 0.2) is 0 Å². The minimum absolute atomic E-state index is 0.121. The SMILES string of the molecule is COC(=O)c1[nH]c2cc(C)ccc2c1NC(=O)CN(C)C1CCCCC1. The Morgan fingerprint density at radius 1 is 1.27 bits per heavy atom. The summed E-state index contributed by atoms with van der Waals surface area (Å²) in [6.45, 7) is 2.29. The molecule has 0 unspecified atom stereocenters. The average molecular weight is 357 g/mol. The van der Waals surface area contributed by atoms with Crippen LogP contribution in [0.4, 0.5) is 5.69 Å². The number of aryl methyl sites for hydroxylation is 1. The van der Waals surface area contributed by atoms with Gasteiger partial charge < -0.3 is 15.0 Å². The van der Waals surface area contributed by atoms with Crippen molar-refractivity contribution in [2.75, 3.05) is 26.0 Å². The molecule has 0 bridgehead atoms. The number of aromatic nitrogens is 1. The zero-order chi connectivity index (χ0) is 18.7. The minimum atomic E-state index is -0.491. The van der Waals surface area contributed by atoms with Gasteiger partial charge in [-0.15, -0.1) is 0 Å². The van der Waals surface area contributed by atoms with E-state index in [0.29, 0.717) is 18.3 Å². The summed E-state index contributed by atoms with van der Waals surface area (Å²) < 4.78 is 4.86. The molecule has 1 aromatic carbocycles. The number of carbonyl (C=O) groups excluding carboxylic acids is 2. The van der Waals surface area contributed by atoms with Crippen LogP contribution in [0.5, 0.6) is 0 Å². The predicted octanol–water partition coefficient (Wildman–Crippen LogP) is 3.47. The third kappa shape index (κ3) is 3.90. The number of esters is 1. The van der Waals surface area contributed by atoms with Crippen molar-refractivity contribution in [1.82, 2.24) is 9.88 Å². The van der Waals surface area contributed by atoms with E-state index in [0.717, 1.165) is 29.3 Å². The molecule has 6 heteroatoms. The lowest BCUT2D eigenvalue weighted by molar-refractivity contribution is -0.117. The van der Waals surface area contributed by atoms with Crippen LogP contribution in [-0.4, -0.2) is 48.5 Å². The van der Waals surface area contributed by atoms with E-state index in [1.165, 1.54) is 26.4 Å². The van der Waals surface area contributed by atoms with Gasteiger partial charge in [0.2, 0.25) is 5.91 Å². The summed E-state index contributed by atoms with van der Waals surface area (Å²) in [7, 11) is 3.33. The number of fused-ring (bicyclic) bond motifs is 1. The molecule has 1 saturated carbocycles. The van der Waals surface area contributed by atoms with Gasteiger partial charge in [-0.05, 0) is 38.4 Å². The molecule has 6 nitrogen and oxygen atoms in total. The summed E-state index contributed by atoms with van der Waals surface area (Å²) in [5, 5.41) is 3.74. The Kier molecular flexibility index (Phi) is 5.61. The number of hydrogen-bond acceptors (Lipinski definition) is 4. The van der Waals surface area contributed by atoms with Crippen LogP contribution in [0.3, 0.4) is 0 Å². The van der Waals surface area contributed by atoms with E-state index >= 15 is 0 Å². The number of likely N-dealkylation sites (N-methyl/N-ethyl adjacent to an activating group) is 1. The maximum Gasteiger partial charge on any atom is 0.356 e. The van der Waals surface area contributed by atoms with E-state index in [2.05, 4.69) is 15.2 Å². The number of ether oxygens (including phenoxy) is 1. The third-order valence-corrected chi connectivity index (χ3v) is 5.20. The van der Waals surface area contributed by atoms with Gasteiger partial charge in [-0.1, -0.05) is 31.4 Å². The maximum absolute atomic E-state index is 12.6. The molecule has 2 aromatic rings. The average Bonchev–Trinajstić information content (AvgIpc) is 2.99. The maximum atomic E-state index is 12.6. The zero-order valence-electron chi connectivity index (χ0n) is 15.7. The predicted molar refractivity (Wildman–Crippen MR) is 103 cm³/mol. The van der Waals surface area contributed by atoms with Crippen molar-refractivity contribution in [3.63, 3.8) is 0 Å². The molecule has 0 radical (unpaired) electrons. The minimum Gasteiger partial charge on any atom is -0.464 e. The second kappa shape index (κ2) is 7.91. The van der Waals surface area contributed by atoms with Crippen molar-refractivity contribution in [1.29, 1.82) is 0 Å². The molecule has 1 aromatic heterocycles. The number of amides is 1. The van der Waals surface area contributed by atoms with Crippen LogP contribution in [0.1, 0.15) is 48.2 Å². The molecule has 0 aliphatic heterocycles. The largest absolute Gasteiger partial charge is 0.464 e.